The van der Waals surface area contributed by atoms with Crippen molar-refractivity contribution in [2.24, 2.45) is 14.1 Å². The van der Waals surface area contributed by atoms with Crippen molar-refractivity contribution < 1.29 is 0 Å². The van der Waals surface area contributed by atoms with Gasteiger partial charge in [0.1, 0.15) is 0 Å². The van der Waals surface area contributed by atoms with Crippen LogP contribution in [0, 0.1) is 20.8 Å². The first kappa shape index (κ1) is 15.5. The molecule has 0 aromatic carbocycles. The van der Waals surface area contributed by atoms with Gasteiger partial charge in [-0.3, -0.25) is 9.36 Å². The minimum absolute atomic E-state index is 0.300. The highest BCUT2D eigenvalue weighted by atomic mass is 15.3. The largest absolute Gasteiger partial charge is 0.327 e. The van der Waals surface area contributed by atoms with E-state index in [0.717, 1.165) is 29.1 Å². The number of hydrogen-bond acceptors (Lipinski definition) is 3. The molecule has 0 amide bonds. The molecule has 0 saturated carbocycles. The van der Waals surface area contributed by atoms with E-state index in [9.17, 15) is 0 Å². The number of aromatic nitrogens is 6. The lowest BCUT2D eigenvalue weighted by atomic mass is 10.0. The third-order valence-corrected chi connectivity index (χ3v) is 4.59. The van der Waals surface area contributed by atoms with Crippen LogP contribution in [0.1, 0.15) is 35.6 Å². The maximum atomic E-state index is 4.52. The van der Waals surface area contributed by atoms with Gasteiger partial charge in [-0.2, -0.15) is 10.2 Å². The van der Waals surface area contributed by atoms with Crippen molar-refractivity contribution in [2.75, 3.05) is 0 Å². The second-order valence-corrected chi connectivity index (χ2v) is 6.31. The predicted molar refractivity (Wildman–Crippen MR) is 90.3 cm³/mol. The Morgan fingerprint density at radius 2 is 1.83 bits per heavy atom. The Labute approximate surface area is 136 Å². The molecular weight excluding hydrogens is 288 g/mol. The van der Waals surface area contributed by atoms with E-state index in [2.05, 4.69) is 46.7 Å². The molecule has 0 aliphatic carbocycles. The molecule has 0 aliphatic heterocycles. The molecule has 0 aliphatic rings. The summed E-state index contributed by atoms with van der Waals surface area (Å²) in [6.07, 6.45) is 6.82. The molecule has 3 rings (SSSR count). The molecular formula is C17H24N6. The van der Waals surface area contributed by atoms with Crippen LogP contribution < -0.4 is 0 Å². The van der Waals surface area contributed by atoms with E-state index >= 15 is 0 Å². The Balaban J connectivity index is 1.94. The highest BCUT2D eigenvalue weighted by Crippen LogP contribution is 2.27. The van der Waals surface area contributed by atoms with Crippen LogP contribution in [-0.4, -0.2) is 29.1 Å². The fourth-order valence-corrected chi connectivity index (χ4v) is 3.22. The second-order valence-electron chi connectivity index (χ2n) is 6.31. The molecule has 122 valence electrons. The zero-order valence-electron chi connectivity index (χ0n) is 14.7. The molecule has 1 atom stereocenters. The number of nitrogens with zero attached hydrogens (tertiary/aromatic N) is 6. The Hall–Kier alpha value is -2.37. The van der Waals surface area contributed by atoms with E-state index in [1.165, 1.54) is 11.3 Å². The topological polar surface area (TPSA) is 53.5 Å². The van der Waals surface area contributed by atoms with Crippen LogP contribution in [0.4, 0.5) is 0 Å². The highest BCUT2D eigenvalue weighted by Gasteiger charge is 2.18. The molecule has 6 heteroatoms. The van der Waals surface area contributed by atoms with Gasteiger partial charge in [-0.25, -0.2) is 4.98 Å². The molecule has 3 heterocycles. The molecule has 0 fully saturated rings. The van der Waals surface area contributed by atoms with Crippen molar-refractivity contribution in [3.63, 3.8) is 0 Å². The van der Waals surface area contributed by atoms with Crippen molar-refractivity contribution in [3.8, 4) is 11.3 Å². The summed E-state index contributed by atoms with van der Waals surface area (Å²) in [4.78, 5) is 4.37. The fourth-order valence-electron chi connectivity index (χ4n) is 3.22. The summed E-state index contributed by atoms with van der Waals surface area (Å²) in [6.45, 7) is 8.47. The van der Waals surface area contributed by atoms with E-state index in [1.54, 1.807) is 0 Å². The Morgan fingerprint density at radius 1 is 1.09 bits per heavy atom. The monoisotopic (exact) mass is 312 g/mol. The first-order valence-electron chi connectivity index (χ1n) is 7.90. The SMILES string of the molecule is Cc1nn(C)cc1-c1cncn1[C@H](C)Cc1c(C)nn(C)c1C. The highest BCUT2D eigenvalue weighted by molar-refractivity contribution is 5.60. The van der Waals surface area contributed by atoms with Gasteiger partial charge in [0.15, 0.2) is 0 Å². The summed E-state index contributed by atoms with van der Waals surface area (Å²) in [7, 11) is 3.95. The summed E-state index contributed by atoms with van der Waals surface area (Å²) in [6, 6.07) is 0.300. The smallest absolute Gasteiger partial charge is 0.0953 e. The maximum absolute atomic E-state index is 4.52. The summed E-state index contributed by atoms with van der Waals surface area (Å²) in [5.41, 5.74) is 6.93. The lowest BCUT2D eigenvalue weighted by molar-refractivity contribution is 0.546. The van der Waals surface area contributed by atoms with Gasteiger partial charge in [-0.15, -0.1) is 0 Å². The number of aryl methyl sites for hydroxylation is 4. The van der Waals surface area contributed by atoms with Gasteiger partial charge in [0.2, 0.25) is 0 Å². The molecule has 0 unspecified atom stereocenters. The van der Waals surface area contributed by atoms with Gasteiger partial charge in [0, 0.05) is 37.6 Å². The molecule has 6 nitrogen and oxygen atoms in total. The van der Waals surface area contributed by atoms with Gasteiger partial charge in [0.05, 0.1) is 29.6 Å². The standard InChI is InChI=1S/C17H24N6/c1-11(7-15-12(2)20-22(6)14(15)4)23-10-18-8-17(23)16-9-21(5)19-13(16)3/h8-11H,7H2,1-6H3/t11-/m1/s1. The molecule has 0 N–H and O–H groups in total. The number of hydrogen-bond donors (Lipinski definition) is 0. The van der Waals surface area contributed by atoms with Gasteiger partial charge in [-0.1, -0.05) is 0 Å². The first-order valence-corrected chi connectivity index (χ1v) is 7.90. The summed E-state index contributed by atoms with van der Waals surface area (Å²) in [5, 5.41) is 8.97. The van der Waals surface area contributed by atoms with E-state index in [1.807, 2.05) is 42.9 Å². The predicted octanol–water partition coefficient (Wildman–Crippen LogP) is 2.75. The Bertz CT molecular complexity index is 836. The normalized spacial score (nSPS) is 12.8. The van der Waals surface area contributed by atoms with Crippen LogP contribution in [-0.2, 0) is 20.5 Å². The Kier molecular flexibility index (Phi) is 3.83. The van der Waals surface area contributed by atoms with E-state index < -0.39 is 0 Å². The second kappa shape index (κ2) is 5.68. The number of imidazole rings is 1. The summed E-state index contributed by atoms with van der Waals surface area (Å²) < 4.78 is 6.04. The van der Waals surface area contributed by atoms with Crippen molar-refractivity contribution in [3.05, 3.63) is 41.4 Å². The van der Waals surface area contributed by atoms with Gasteiger partial charge in [-0.05, 0) is 39.7 Å². The van der Waals surface area contributed by atoms with Gasteiger partial charge >= 0.3 is 0 Å². The zero-order valence-corrected chi connectivity index (χ0v) is 14.7. The van der Waals surface area contributed by atoms with Crippen molar-refractivity contribution in [2.45, 2.75) is 40.2 Å². The quantitative estimate of drug-likeness (QED) is 0.744. The molecule has 0 spiro atoms. The van der Waals surface area contributed by atoms with Crippen LogP contribution in [0.2, 0.25) is 0 Å². The third-order valence-electron chi connectivity index (χ3n) is 4.59. The molecule has 0 bridgehead atoms. The van der Waals surface area contributed by atoms with Gasteiger partial charge < -0.3 is 4.57 Å². The lowest BCUT2D eigenvalue weighted by Gasteiger charge is -2.17. The lowest BCUT2D eigenvalue weighted by Crippen LogP contribution is -2.10. The van der Waals surface area contributed by atoms with E-state index in [4.69, 9.17) is 0 Å². The van der Waals surface area contributed by atoms with Crippen molar-refractivity contribution in [1.82, 2.24) is 29.1 Å². The molecule has 0 radical (unpaired) electrons. The van der Waals surface area contributed by atoms with E-state index in [-0.39, 0.29) is 0 Å². The zero-order chi connectivity index (χ0) is 16.7. The Morgan fingerprint density at radius 3 is 2.39 bits per heavy atom. The minimum atomic E-state index is 0.300. The van der Waals surface area contributed by atoms with Crippen LogP contribution >= 0.6 is 0 Å². The first-order chi connectivity index (χ1) is 10.9. The van der Waals surface area contributed by atoms with E-state index in [0.29, 0.717) is 6.04 Å². The molecule has 0 saturated heterocycles. The average Bonchev–Trinajstić information content (AvgIpc) is 3.14. The molecule has 23 heavy (non-hydrogen) atoms. The van der Waals surface area contributed by atoms with Crippen LogP contribution in [0.3, 0.4) is 0 Å². The summed E-state index contributed by atoms with van der Waals surface area (Å²) >= 11 is 0. The average molecular weight is 312 g/mol. The maximum Gasteiger partial charge on any atom is 0.0953 e. The van der Waals surface area contributed by atoms with Gasteiger partial charge in [0.25, 0.3) is 0 Å². The minimum Gasteiger partial charge on any atom is -0.327 e. The molecule has 3 aromatic rings. The van der Waals surface area contributed by atoms with Crippen molar-refractivity contribution in [1.29, 1.82) is 0 Å². The van der Waals surface area contributed by atoms with Crippen LogP contribution in [0.25, 0.3) is 11.3 Å². The van der Waals surface area contributed by atoms with Crippen LogP contribution in [0.15, 0.2) is 18.7 Å². The third kappa shape index (κ3) is 2.69. The fraction of sp³-hybridized carbons (Fsp3) is 0.471. The van der Waals surface area contributed by atoms with Crippen LogP contribution in [0.5, 0.6) is 0 Å². The number of rotatable bonds is 4. The molecule has 3 aromatic heterocycles. The van der Waals surface area contributed by atoms with Crippen molar-refractivity contribution >= 4 is 0 Å². The summed E-state index contributed by atoms with van der Waals surface area (Å²) in [5.74, 6) is 0.